The van der Waals surface area contributed by atoms with Crippen molar-refractivity contribution in [3.8, 4) is 6.07 Å². The number of nitrogens with zero attached hydrogens (tertiary/aromatic N) is 3. The summed E-state index contributed by atoms with van der Waals surface area (Å²) in [7, 11) is 1.57. The number of anilines is 1. The van der Waals surface area contributed by atoms with Crippen LogP contribution in [0.2, 0.25) is 0 Å². The number of carbonyl (C=O) groups is 2. The number of aryl methyl sites for hydroxylation is 1. The van der Waals surface area contributed by atoms with Crippen LogP contribution < -0.4 is 5.32 Å². The zero-order valence-corrected chi connectivity index (χ0v) is 17.8. The Labute approximate surface area is 177 Å². The molecule has 2 rings (SSSR count). The minimum atomic E-state index is -0.386. The normalized spacial score (nSPS) is 10.5. The molecule has 1 aromatic heterocycles. The van der Waals surface area contributed by atoms with Crippen molar-refractivity contribution >= 4 is 17.6 Å². The number of carbonyl (C=O) groups excluding carboxylic acids is 2. The van der Waals surface area contributed by atoms with E-state index in [0.29, 0.717) is 36.7 Å². The highest BCUT2D eigenvalue weighted by molar-refractivity contribution is 5.92. The first kappa shape index (κ1) is 23.0. The second kappa shape index (κ2) is 11.0. The SMILES string of the molecule is COCCN(Cc1ccc(C)o1)C(=O)CN(C(=O)Nc1ccc(C#N)cc1)C(C)C. The molecule has 0 atom stereocenters. The van der Waals surface area contributed by atoms with Crippen LogP contribution in [0.1, 0.15) is 30.9 Å². The number of ether oxygens (including phenoxy) is 1. The smallest absolute Gasteiger partial charge is 0.322 e. The third kappa shape index (κ3) is 6.64. The Balaban J connectivity index is 2.07. The molecule has 0 aliphatic rings. The Morgan fingerprint density at radius 1 is 1.20 bits per heavy atom. The summed E-state index contributed by atoms with van der Waals surface area (Å²) in [6.45, 7) is 6.53. The molecular formula is C22H28N4O4. The topological polar surface area (TPSA) is 98.8 Å². The molecular weight excluding hydrogens is 384 g/mol. The highest BCUT2D eigenvalue weighted by atomic mass is 16.5. The van der Waals surface area contributed by atoms with Gasteiger partial charge in [-0.25, -0.2) is 4.79 Å². The standard InChI is InChI=1S/C22H28N4O4/c1-16(2)26(22(28)24-19-8-6-18(13-23)7-9-19)15-21(27)25(11-12-29-4)14-20-10-5-17(3)30-20/h5-10,16H,11-12,14-15H2,1-4H3,(H,24,28). The van der Waals surface area contributed by atoms with Gasteiger partial charge in [-0.1, -0.05) is 0 Å². The molecule has 1 aromatic carbocycles. The molecule has 0 saturated carbocycles. The van der Waals surface area contributed by atoms with E-state index < -0.39 is 0 Å². The maximum absolute atomic E-state index is 13.0. The summed E-state index contributed by atoms with van der Waals surface area (Å²) in [6, 6.07) is 11.7. The number of nitriles is 1. The zero-order valence-electron chi connectivity index (χ0n) is 17.8. The number of furan rings is 1. The van der Waals surface area contributed by atoms with Gasteiger partial charge < -0.3 is 24.3 Å². The second-order valence-electron chi connectivity index (χ2n) is 7.16. The van der Waals surface area contributed by atoms with E-state index >= 15 is 0 Å². The number of urea groups is 1. The molecule has 0 saturated heterocycles. The molecule has 0 spiro atoms. The molecule has 2 aromatic rings. The van der Waals surface area contributed by atoms with E-state index in [1.807, 2.05) is 39.0 Å². The number of hydrogen-bond donors (Lipinski definition) is 1. The Morgan fingerprint density at radius 2 is 1.90 bits per heavy atom. The fourth-order valence-electron chi connectivity index (χ4n) is 2.81. The number of nitrogens with one attached hydrogen (secondary N) is 1. The summed E-state index contributed by atoms with van der Waals surface area (Å²) in [4.78, 5) is 28.8. The van der Waals surface area contributed by atoms with Crippen LogP contribution in [-0.2, 0) is 16.1 Å². The van der Waals surface area contributed by atoms with Crippen molar-refractivity contribution in [3.63, 3.8) is 0 Å². The van der Waals surface area contributed by atoms with E-state index in [1.54, 1.807) is 36.3 Å². The van der Waals surface area contributed by atoms with E-state index in [2.05, 4.69) is 5.32 Å². The lowest BCUT2D eigenvalue weighted by Gasteiger charge is -2.29. The van der Waals surface area contributed by atoms with E-state index in [0.717, 1.165) is 5.76 Å². The van der Waals surface area contributed by atoms with Crippen molar-refractivity contribution in [2.45, 2.75) is 33.4 Å². The first-order chi connectivity index (χ1) is 14.3. The summed E-state index contributed by atoms with van der Waals surface area (Å²) in [5.74, 6) is 1.25. The molecule has 30 heavy (non-hydrogen) atoms. The monoisotopic (exact) mass is 412 g/mol. The first-order valence-electron chi connectivity index (χ1n) is 9.73. The van der Waals surface area contributed by atoms with Crippen molar-refractivity contribution < 1.29 is 18.7 Å². The van der Waals surface area contributed by atoms with Gasteiger partial charge in [0.05, 0.1) is 24.8 Å². The summed E-state index contributed by atoms with van der Waals surface area (Å²) < 4.78 is 10.7. The van der Waals surface area contributed by atoms with Crippen molar-refractivity contribution in [3.05, 3.63) is 53.5 Å². The lowest BCUT2D eigenvalue weighted by Crippen LogP contribution is -2.47. The first-order valence-corrected chi connectivity index (χ1v) is 9.73. The van der Waals surface area contributed by atoms with Gasteiger partial charge in [0.2, 0.25) is 5.91 Å². The predicted octanol–water partition coefficient (Wildman–Crippen LogP) is 3.38. The maximum atomic E-state index is 13.0. The lowest BCUT2D eigenvalue weighted by molar-refractivity contribution is -0.133. The Morgan fingerprint density at radius 3 is 2.43 bits per heavy atom. The number of rotatable bonds is 9. The van der Waals surface area contributed by atoms with E-state index in [9.17, 15) is 9.59 Å². The maximum Gasteiger partial charge on any atom is 0.322 e. The fourth-order valence-corrected chi connectivity index (χ4v) is 2.81. The van der Waals surface area contributed by atoms with Crippen molar-refractivity contribution in [1.82, 2.24) is 9.80 Å². The largest absolute Gasteiger partial charge is 0.464 e. The molecule has 160 valence electrons. The fraction of sp³-hybridized carbons (Fsp3) is 0.409. The van der Waals surface area contributed by atoms with Gasteiger partial charge in [0.15, 0.2) is 0 Å². The van der Waals surface area contributed by atoms with Gasteiger partial charge in [-0.05, 0) is 57.2 Å². The number of hydrogen-bond acceptors (Lipinski definition) is 5. The van der Waals surface area contributed by atoms with Crippen LogP contribution in [0.5, 0.6) is 0 Å². The number of amides is 3. The molecule has 0 bridgehead atoms. The molecule has 3 amide bonds. The molecule has 0 aliphatic heterocycles. The number of benzene rings is 1. The molecule has 1 heterocycles. The Hall–Kier alpha value is -3.31. The highest BCUT2D eigenvalue weighted by Gasteiger charge is 2.24. The minimum absolute atomic E-state index is 0.0802. The van der Waals surface area contributed by atoms with Gasteiger partial charge in [0.1, 0.15) is 18.1 Å². The lowest BCUT2D eigenvalue weighted by atomic mass is 10.2. The van der Waals surface area contributed by atoms with Crippen molar-refractivity contribution in [1.29, 1.82) is 5.26 Å². The van der Waals surface area contributed by atoms with Gasteiger partial charge >= 0.3 is 6.03 Å². The average Bonchev–Trinajstić information content (AvgIpc) is 3.14. The van der Waals surface area contributed by atoms with Crippen LogP contribution in [0, 0.1) is 18.3 Å². The van der Waals surface area contributed by atoms with Crippen LogP contribution in [-0.4, -0.2) is 54.6 Å². The van der Waals surface area contributed by atoms with Crippen LogP contribution >= 0.6 is 0 Å². The molecule has 0 fully saturated rings. The molecule has 1 N–H and O–H groups in total. The van der Waals surface area contributed by atoms with Crippen molar-refractivity contribution in [2.75, 3.05) is 32.1 Å². The van der Waals surface area contributed by atoms with E-state index in [4.69, 9.17) is 14.4 Å². The molecule has 8 heteroatoms. The quantitative estimate of drug-likeness (QED) is 0.681. The van der Waals surface area contributed by atoms with Gasteiger partial charge in [0.25, 0.3) is 0 Å². The summed E-state index contributed by atoms with van der Waals surface area (Å²) >= 11 is 0. The summed E-state index contributed by atoms with van der Waals surface area (Å²) in [6.07, 6.45) is 0. The van der Waals surface area contributed by atoms with Crippen LogP contribution in [0.4, 0.5) is 10.5 Å². The van der Waals surface area contributed by atoms with Crippen molar-refractivity contribution in [2.24, 2.45) is 0 Å². The average molecular weight is 412 g/mol. The molecule has 0 radical (unpaired) electrons. The summed E-state index contributed by atoms with van der Waals surface area (Å²) in [5, 5.41) is 11.7. The second-order valence-corrected chi connectivity index (χ2v) is 7.16. The van der Waals surface area contributed by atoms with E-state index in [-0.39, 0.29) is 24.5 Å². The van der Waals surface area contributed by atoms with Crippen LogP contribution in [0.15, 0.2) is 40.8 Å². The molecule has 8 nitrogen and oxygen atoms in total. The Kier molecular flexibility index (Phi) is 8.44. The molecule has 0 aliphatic carbocycles. The summed E-state index contributed by atoms with van der Waals surface area (Å²) in [5.41, 5.74) is 1.06. The highest BCUT2D eigenvalue weighted by Crippen LogP contribution is 2.13. The third-order valence-electron chi connectivity index (χ3n) is 4.52. The predicted molar refractivity (Wildman–Crippen MR) is 113 cm³/mol. The van der Waals surface area contributed by atoms with Crippen LogP contribution in [0.3, 0.4) is 0 Å². The van der Waals surface area contributed by atoms with Gasteiger partial charge in [-0.3, -0.25) is 4.79 Å². The number of methoxy groups -OCH3 is 1. The van der Waals surface area contributed by atoms with Crippen LogP contribution in [0.25, 0.3) is 0 Å². The molecule has 0 unspecified atom stereocenters. The van der Waals surface area contributed by atoms with E-state index in [1.165, 1.54) is 4.90 Å². The zero-order chi connectivity index (χ0) is 22.1. The van der Waals surface area contributed by atoms with Gasteiger partial charge in [-0.15, -0.1) is 0 Å². The third-order valence-corrected chi connectivity index (χ3v) is 4.52. The van der Waals surface area contributed by atoms with Gasteiger partial charge in [0, 0.05) is 25.4 Å². The van der Waals surface area contributed by atoms with Gasteiger partial charge in [-0.2, -0.15) is 5.26 Å². The minimum Gasteiger partial charge on any atom is -0.464 e. The Bertz CT molecular complexity index is 883.